The lowest BCUT2D eigenvalue weighted by Crippen LogP contribution is -2.53. The van der Waals surface area contributed by atoms with Gasteiger partial charge >= 0.3 is 0 Å². The van der Waals surface area contributed by atoms with Crippen LogP contribution in [0.5, 0.6) is 0 Å². The molecule has 1 atom stereocenters. The van der Waals surface area contributed by atoms with Crippen molar-refractivity contribution in [3.8, 4) is 11.1 Å². The van der Waals surface area contributed by atoms with E-state index in [1.807, 2.05) is 36.4 Å². The molecule has 2 heterocycles. The Hall–Kier alpha value is -3.37. The second-order valence-corrected chi connectivity index (χ2v) is 10.6. The molecule has 1 unspecified atom stereocenters. The molecule has 0 aromatic heterocycles. The summed E-state index contributed by atoms with van der Waals surface area (Å²) >= 11 is 0. The van der Waals surface area contributed by atoms with Crippen molar-refractivity contribution < 1.29 is 9.59 Å². The van der Waals surface area contributed by atoms with Gasteiger partial charge in [0.25, 0.3) is 5.91 Å². The third kappa shape index (κ3) is 3.49. The summed E-state index contributed by atoms with van der Waals surface area (Å²) in [5.41, 5.74) is 6.65. The fraction of sp³-hybridized carbons (Fsp3) is 0.364. The van der Waals surface area contributed by atoms with Crippen LogP contribution >= 0.6 is 0 Å². The van der Waals surface area contributed by atoms with E-state index in [1.54, 1.807) is 0 Å². The molecule has 0 bridgehead atoms. The van der Waals surface area contributed by atoms with E-state index in [0.717, 1.165) is 84.3 Å². The Morgan fingerprint density at radius 2 is 1.49 bits per heavy atom. The smallest absolute Gasteiger partial charge is 0.277 e. The minimum atomic E-state index is -0.947. The van der Waals surface area contributed by atoms with Crippen LogP contribution in [0.3, 0.4) is 0 Å². The topological polar surface area (TPSA) is 49.7 Å². The van der Waals surface area contributed by atoms with Crippen LogP contribution in [0.2, 0.25) is 0 Å². The van der Waals surface area contributed by atoms with Gasteiger partial charge in [-0.3, -0.25) is 14.5 Å². The van der Waals surface area contributed by atoms with Crippen molar-refractivity contribution in [2.24, 2.45) is 4.99 Å². The van der Waals surface area contributed by atoms with Crippen LogP contribution in [0.25, 0.3) is 11.1 Å². The van der Waals surface area contributed by atoms with Gasteiger partial charge in [0, 0.05) is 18.5 Å². The van der Waals surface area contributed by atoms with Crippen molar-refractivity contribution >= 4 is 17.4 Å². The number of hydrogen-bond acceptors (Lipinski definition) is 3. The maximum Gasteiger partial charge on any atom is 0.277 e. The molecule has 3 aliphatic rings. The zero-order valence-corrected chi connectivity index (χ0v) is 21.8. The Balaban J connectivity index is 1.61. The first-order chi connectivity index (χ1) is 18.1. The van der Waals surface area contributed by atoms with Gasteiger partial charge in [-0.2, -0.15) is 0 Å². The fourth-order valence-electron chi connectivity index (χ4n) is 6.67. The molecule has 0 radical (unpaired) electrons. The largest absolute Gasteiger partial charge is 0.298 e. The zero-order valence-electron chi connectivity index (χ0n) is 21.8. The van der Waals surface area contributed by atoms with Gasteiger partial charge < -0.3 is 0 Å². The van der Waals surface area contributed by atoms with Crippen LogP contribution in [-0.4, -0.2) is 41.4 Å². The van der Waals surface area contributed by atoms with E-state index in [1.165, 1.54) is 0 Å². The lowest BCUT2D eigenvalue weighted by atomic mass is 9.65. The predicted molar refractivity (Wildman–Crippen MR) is 148 cm³/mol. The summed E-state index contributed by atoms with van der Waals surface area (Å²) in [6.45, 7) is 6.38. The Morgan fingerprint density at radius 3 is 2.11 bits per heavy atom. The first kappa shape index (κ1) is 24.0. The highest BCUT2D eigenvalue weighted by atomic mass is 16.1. The molecule has 4 nitrogen and oxygen atoms in total. The number of likely N-dealkylation sites (tertiary alicyclic amines) is 1. The van der Waals surface area contributed by atoms with Gasteiger partial charge in [-0.15, -0.1) is 0 Å². The number of hydrogen-bond donors (Lipinski definition) is 0. The van der Waals surface area contributed by atoms with Gasteiger partial charge in [-0.05, 0) is 59.7 Å². The van der Waals surface area contributed by atoms with Crippen LogP contribution in [0, 0.1) is 0 Å². The molecule has 0 N–H and O–H groups in total. The quantitative estimate of drug-likeness (QED) is 0.340. The number of carbonyl (C=O) groups excluding carboxylic acids is 2. The third-order valence-electron chi connectivity index (χ3n) is 8.55. The Labute approximate surface area is 219 Å². The molecular formula is C33H34N2O2. The van der Waals surface area contributed by atoms with Gasteiger partial charge in [-0.25, -0.2) is 4.99 Å². The van der Waals surface area contributed by atoms with Crippen LogP contribution < -0.4 is 0 Å². The van der Waals surface area contributed by atoms with Crippen molar-refractivity contribution in [1.29, 1.82) is 0 Å². The third-order valence-corrected chi connectivity index (χ3v) is 8.55. The van der Waals surface area contributed by atoms with Crippen LogP contribution in [0.4, 0.5) is 0 Å². The van der Waals surface area contributed by atoms with Crippen LogP contribution in [-0.2, 0) is 10.2 Å². The van der Waals surface area contributed by atoms with Gasteiger partial charge in [0.2, 0.25) is 0 Å². The molecule has 1 saturated heterocycles. The number of benzene rings is 3. The van der Waals surface area contributed by atoms with E-state index in [4.69, 9.17) is 0 Å². The van der Waals surface area contributed by atoms with Crippen molar-refractivity contribution in [3.63, 3.8) is 0 Å². The Morgan fingerprint density at radius 1 is 0.865 bits per heavy atom. The summed E-state index contributed by atoms with van der Waals surface area (Å²) in [7, 11) is 0. The maximum atomic E-state index is 14.6. The molecule has 6 rings (SSSR count). The summed E-state index contributed by atoms with van der Waals surface area (Å²) in [4.78, 5) is 34.9. The van der Waals surface area contributed by atoms with E-state index < -0.39 is 5.41 Å². The number of carbonyl (C=O) groups is 2. The van der Waals surface area contributed by atoms with Gasteiger partial charge in [0.05, 0.1) is 17.3 Å². The van der Waals surface area contributed by atoms with E-state index in [-0.39, 0.29) is 17.7 Å². The molecule has 37 heavy (non-hydrogen) atoms. The number of Topliss-reactive ketones (excluding diaryl/α,β-unsaturated/α-hetero) is 1. The second kappa shape index (κ2) is 9.50. The molecule has 0 spiro atoms. The fourth-order valence-corrected chi connectivity index (χ4v) is 6.67. The Kier molecular flexibility index (Phi) is 6.16. The summed E-state index contributed by atoms with van der Waals surface area (Å²) in [5, 5.41) is 0. The molecule has 0 saturated carbocycles. The number of rotatable bonds is 9. The van der Waals surface area contributed by atoms with Gasteiger partial charge in [0.1, 0.15) is 5.41 Å². The maximum absolute atomic E-state index is 14.6. The zero-order chi connectivity index (χ0) is 25.6. The van der Waals surface area contributed by atoms with Gasteiger partial charge in [-0.1, -0.05) is 87.4 Å². The highest BCUT2D eigenvalue weighted by Crippen LogP contribution is 2.55. The van der Waals surface area contributed by atoms with Crippen LogP contribution in [0.15, 0.2) is 71.7 Å². The number of unbranched alkanes of at least 4 members (excludes halogenated alkanes) is 2. The van der Waals surface area contributed by atoms with Crippen LogP contribution in [0.1, 0.15) is 85.0 Å². The van der Waals surface area contributed by atoms with E-state index >= 15 is 0 Å². The lowest BCUT2D eigenvalue weighted by Gasteiger charge is -2.42. The summed E-state index contributed by atoms with van der Waals surface area (Å²) in [5.74, 6) is 0.0280. The molecule has 1 fully saturated rings. The normalized spacial score (nSPS) is 19.1. The van der Waals surface area contributed by atoms with Crippen molar-refractivity contribution in [2.75, 3.05) is 13.1 Å². The number of nitrogens with zero attached hydrogens (tertiary/aromatic N) is 2. The number of aliphatic imine (C=N–C) groups is 1. The Bertz CT molecular complexity index is 1370. The summed E-state index contributed by atoms with van der Waals surface area (Å²) in [6.07, 6.45) is 5.55. The molecule has 1 amide bonds. The average molecular weight is 491 g/mol. The van der Waals surface area contributed by atoms with Crippen molar-refractivity contribution in [3.05, 3.63) is 94.5 Å². The highest BCUT2D eigenvalue weighted by Gasteiger charge is 2.52. The summed E-state index contributed by atoms with van der Waals surface area (Å²) in [6, 6.07) is 22.7. The monoisotopic (exact) mass is 490 g/mol. The average Bonchev–Trinajstić information content (AvgIpc) is 3.40. The molecular weight excluding hydrogens is 456 g/mol. The predicted octanol–water partition coefficient (Wildman–Crippen LogP) is 6.58. The number of amides is 1. The first-order valence-electron chi connectivity index (χ1n) is 13.9. The lowest BCUT2D eigenvalue weighted by molar-refractivity contribution is -0.122. The molecule has 188 valence electrons. The molecule has 3 aromatic carbocycles. The summed E-state index contributed by atoms with van der Waals surface area (Å²) < 4.78 is 0. The van der Waals surface area contributed by atoms with E-state index in [2.05, 4.69) is 54.1 Å². The van der Waals surface area contributed by atoms with E-state index in [0.29, 0.717) is 12.0 Å². The SMILES string of the molecule is CCCCC(=O)C1(c2cccc3c2C(C2CCN2CCCC)=NC3=O)c2ccccc2-c2ccccc21. The van der Waals surface area contributed by atoms with Crippen molar-refractivity contribution in [1.82, 2.24) is 4.90 Å². The first-order valence-corrected chi connectivity index (χ1v) is 13.9. The second-order valence-electron chi connectivity index (χ2n) is 10.6. The number of fused-ring (bicyclic) bond motifs is 4. The van der Waals surface area contributed by atoms with Crippen molar-refractivity contribution in [2.45, 2.75) is 63.8 Å². The molecule has 2 aliphatic heterocycles. The van der Waals surface area contributed by atoms with E-state index in [9.17, 15) is 9.59 Å². The van der Waals surface area contributed by atoms with Gasteiger partial charge in [0.15, 0.2) is 5.78 Å². The molecule has 1 aliphatic carbocycles. The highest BCUT2D eigenvalue weighted by molar-refractivity contribution is 6.25. The molecule has 4 heteroatoms. The standard InChI is InChI=1S/C33H34N2O2/c1-3-5-18-29(36)33(25-15-9-7-12-22(25)23-13-8-10-16-26(23)33)27-17-11-14-24-30(27)31(34-32(24)37)28-19-21-35(28)20-6-4-2/h7-17,28H,3-6,18-21H2,1-2H3. The molecule has 3 aromatic rings. The minimum absolute atomic E-state index is 0.132. The minimum Gasteiger partial charge on any atom is -0.298 e. The number of ketones is 1.